The van der Waals surface area contributed by atoms with E-state index < -0.39 is 6.10 Å². The topological polar surface area (TPSA) is 56.3 Å². The van der Waals surface area contributed by atoms with Crippen molar-refractivity contribution in [2.24, 2.45) is 5.92 Å². The molecule has 0 aromatic rings. The molecule has 2 aliphatic heterocycles. The first-order valence-electron chi connectivity index (χ1n) is 8.99. The number of β-amino-alcohol motifs (C(OH)–C–C–N with tert-alkyl or cyclic N) is 1. The number of carbonyl (C=O) groups is 1. The number of amides is 1. The fourth-order valence-corrected chi connectivity index (χ4v) is 3.86. The third-order valence-electron chi connectivity index (χ3n) is 5.08. The Morgan fingerprint density at radius 2 is 2.04 bits per heavy atom. The zero-order valence-electron chi connectivity index (χ0n) is 14.9. The quantitative estimate of drug-likeness (QED) is 0.758. The molecule has 0 aromatic carbocycles. The van der Waals surface area contributed by atoms with Gasteiger partial charge in [-0.15, -0.1) is 0 Å². The van der Waals surface area contributed by atoms with Crippen LogP contribution in [-0.4, -0.2) is 96.9 Å². The summed E-state index contributed by atoms with van der Waals surface area (Å²) in [6, 6.07) is 0.529. The lowest BCUT2D eigenvalue weighted by Crippen LogP contribution is -2.43. The van der Waals surface area contributed by atoms with Gasteiger partial charge in [-0.25, -0.2) is 0 Å². The molecule has 2 rings (SSSR count). The Morgan fingerprint density at radius 3 is 2.74 bits per heavy atom. The second kappa shape index (κ2) is 8.97. The number of hydrogen-bond donors (Lipinski definition) is 1. The number of carbonyl (C=O) groups excluding carboxylic acids is 1. The largest absolute Gasteiger partial charge is 0.389 e. The Balaban J connectivity index is 1.82. The smallest absolute Gasteiger partial charge is 0.219 e. The maximum atomic E-state index is 11.6. The van der Waals surface area contributed by atoms with Crippen molar-refractivity contribution in [3.63, 3.8) is 0 Å². The minimum absolute atomic E-state index is 0.187. The van der Waals surface area contributed by atoms with E-state index in [0.717, 1.165) is 45.7 Å². The summed E-state index contributed by atoms with van der Waals surface area (Å²) in [5.41, 5.74) is 0. The van der Waals surface area contributed by atoms with E-state index in [2.05, 4.69) is 16.7 Å². The molecule has 3 unspecified atom stereocenters. The highest BCUT2D eigenvalue weighted by molar-refractivity contribution is 5.73. The zero-order valence-corrected chi connectivity index (χ0v) is 14.9. The summed E-state index contributed by atoms with van der Waals surface area (Å²) in [6.45, 7) is 13.4. The first kappa shape index (κ1) is 18.6. The molecule has 1 amide bonds. The Morgan fingerprint density at radius 1 is 1.26 bits per heavy atom. The Bertz CT molecular complexity index is 380. The van der Waals surface area contributed by atoms with Crippen molar-refractivity contribution in [3.8, 4) is 0 Å². The van der Waals surface area contributed by atoms with Crippen LogP contribution >= 0.6 is 0 Å². The molecule has 2 heterocycles. The number of ether oxygens (including phenoxy) is 1. The summed E-state index contributed by atoms with van der Waals surface area (Å²) in [5, 5.41) is 10.0. The molecule has 6 heteroatoms. The molecule has 0 spiro atoms. The molecule has 0 bridgehead atoms. The predicted octanol–water partition coefficient (Wildman–Crippen LogP) is 0.258. The number of aliphatic hydroxyl groups is 1. The van der Waals surface area contributed by atoms with Crippen LogP contribution in [0.3, 0.4) is 0 Å². The van der Waals surface area contributed by atoms with Crippen LogP contribution in [0.2, 0.25) is 0 Å². The van der Waals surface area contributed by atoms with Gasteiger partial charge < -0.3 is 14.7 Å². The first-order chi connectivity index (χ1) is 11.0. The highest BCUT2D eigenvalue weighted by atomic mass is 16.5. The summed E-state index contributed by atoms with van der Waals surface area (Å²) < 4.78 is 5.30. The molecule has 0 aromatic heterocycles. The number of aliphatic hydroxyl groups excluding tert-OH is 1. The van der Waals surface area contributed by atoms with Crippen molar-refractivity contribution in [1.82, 2.24) is 14.7 Å². The van der Waals surface area contributed by atoms with Crippen molar-refractivity contribution in [1.29, 1.82) is 0 Å². The summed E-state index contributed by atoms with van der Waals surface area (Å²) in [5.74, 6) is 0.783. The normalized spacial score (nSPS) is 28.8. The molecule has 1 N–H and O–H groups in total. The second-order valence-electron chi connectivity index (χ2n) is 6.97. The molecular formula is C17H33N3O3. The highest BCUT2D eigenvalue weighted by Crippen LogP contribution is 2.23. The van der Waals surface area contributed by atoms with Gasteiger partial charge in [0.05, 0.1) is 12.7 Å². The fraction of sp³-hybridized carbons (Fsp3) is 0.941. The summed E-state index contributed by atoms with van der Waals surface area (Å²) >= 11 is 0. The number of hydrogen-bond acceptors (Lipinski definition) is 5. The summed E-state index contributed by atoms with van der Waals surface area (Å²) in [7, 11) is 0. The van der Waals surface area contributed by atoms with Gasteiger partial charge in [-0.1, -0.05) is 6.92 Å². The van der Waals surface area contributed by atoms with Crippen LogP contribution in [-0.2, 0) is 9.53 Å². The molecule has 2 saturated heterocycles. The third-order valence-corrected chi connectivity index (χ3v) is 5.08. The van der Waals surface area contributed by atoms with E-state index >= 15 is 0 Å². The van der Waals surface area contributed by atoms with Crippen LogP contribution in [0.15, 0.2) is 0 Å². The molecule has 0 aliphatic carbocycles. The van der Waals surface area contributed by atoms with E-state index in [1.807, 2.05) is 11.8 Å². The first-order valence-corrected chi connectivity index (χ1v) is 8.99. The second-order valence-corrected chi connectivity index (χ2v) is 6.97. The molecule has 2 aliphatic rings. The van der Waals surface area contributed by atoms with E-state index in [-0.39, 0.29) is 5.91 Å². The lowest BCUT2D eigenvalue weighted by molar-refractivity contribution is -0.128. The van der Waals surface area contributed by atoms with Gasteiger partial charge in [0, 0.05) is 65.4 Å². The molecule has 23 heavy (non-hydrogen) atoms. The summed E-state index contributed by atoms with van der Waals surface area (Å²) in [4.78, 5) is 18.4. The van der Waals surface area contributed by atoms with E-state index in [4.69, 9.17) is 4.74 Å². The predicted molar refractivity (Wildman–Crippen MR) is 90.3 cm³/mol. The van der Waals surface area contributed by atoms with Gasteiger partial charge in [0.2, 0.25) is 5.91 Å². The number of rotatable bonds is 6. The van der Waals surface area contributed by atoms with E-state index in [9.17, 15) is 9.90 Å². The van der Waals surface area contributed by atoms with Gasteiger partial charge in [0.1, 0.15) is 0 Å². The lowest BCUT2D eigenvalue weighted by Gasteiger charge is -2.30. The summed E-state index contributed by atoms with van der Waals surface area (Å²) in [6.07, 6.45) is 0.647. The van der Waals surface area contributed by atoms with Crippen LogP contribution in [0.25, 0.3) is 0 Å². The van der Waals surface area contributed by atoms with Crippen molar-refractivity contribution >= 4 is 5.91 Å². The maximum Gasteiger partial charge on any atom is 0.219 e. The number of nitrogens with zero attached hydrogens (tertiary/aromatic N) is 3. The van der Waals surface area contributed by atoms with Gasteiger partial charge >= 0.3 is 0 Å². The fourth-order valence-electron chi connectivity index (χ4n) is 3.86. The third kappa shape index (κ3) is 5.41. The monoisotopic (exact) mass is 327 g/mol. The van der Waals surface area contributed by atoms with Gasteiger partial charge in [-0.3, -0.25) is 14.6 Å². The van der Waals surface area contributed by atoms with Crippen LogP contribution in [0, 0.1) is 5.92 Å². The van der Waals surface area contributed by atoms with Crippen molar-refractivity contribution < 1.29 is 14.6 Å². The molecular weight excluding hydrogens is 294 g/mol. The molecule has 3 atom stereocenters. The molecule has 2 fully saturated rings. The van der Waals surface area contributed by atoms with Crippen molar-refractivity contribution in [3.05, 3.63) is 0 Å². The van der Waals surface area contributed by atoms with E-state index in [1.54, 1.807) is 6.92 Å². The average Bonchev–Trinajstić information content (AvgIpc) is 2.73. The SMILES string of the molecule is CCOCC(O)CN1CC(C)C(N2CCCN(C(C)=O)CC2)C1. The van der Waals surface area contributed by atoms with Crippen LogP contribution in [0.4, 0.5) is 0 Å². The molecule has 0 radical (unpaired) electrons. The lowest BCUT2D eigenvalue weighted by atomic mass is 10.0. The zero-order chi connectivity index (χ0) is 16.8. The minimum atomic E-state index is -0.404. The standard InChI is InChI=1S/C17H33N3O3/c1-4-23-13-16(22)11-18-10-14(2)17(12-18)20-7-5-6-19(8-9-20)15(3)21/h14,16-17,22H,4-13H2,1-3H3. The van der Waals surface area contributed by atoms with Crippen LogP contribution in [0.5, 0.6) is 0 Å². The maximum absolute atomic E-state index is 11.6. The van der Waals surface area contributed by atoms with Gasteiger partial charge in [0.25, 0.3) is 0 Å². The van der Waals surface area contributed by atoms with Crippen molar-refractivity contribution in [2.75, 3.05) is 59.0 Å². The van der Waals surface area contributed by atoms with E-state index in [1.165, 1.54) is 0 Å². The highest BCUT2D eigenvalue weighted by Gasteiger charge is 2.35. The average molecular weight is 327 g/mol. The van der Waals surface area contributed by atoms with E-state index in [0.29, 0.717) is 31.7 Å². The van der Waals surface area contributed by atoms with Crippen LogP contribution in [0.1, 0.15) is 27.2 Å². The van der Waals surface area contributed by atoms with Gasteiger partial charge in [-0.2, -0.15) is 0 Å². The number of likely N-dealkylation sites (tertiary alicyclic amines) is 1. The molecule has 134 valence electrons. The Hall–Kier alpha value is -0.690. The minimum Gasteiger partial charge on any atom is -0.389 e. The molecule has 6 nitrogen and oxygen atoms in total. The Labute approximate surface area is 140 Å². The van der Waals surface area contributed by atoms with Gasteiger partial charge in [-0.05, 0) is 19.3 Å². The van der Waals surface area contributed by atoms with Crippen LogP contribution < -0.4 is 0 Å². The molecule has 0 saturated carbocycles. The van der Waals surface area contributed by atoms with Crippen molar-refractivity contribution in [2.45, 2.75) is 39.3 Å². The Kier molecular flexibility index (Phi) is 7.27. The van der Waals surface area contributed by atoms with Gasteiger partial charge in [0.15, 0.2) is 0 Å².